The van der Waals surface area contributed by atoms with Gasteiger partial charge < -0.3 is 10.0 Å². The highest BCUT2D eigenvalue weighted by Gasteiger charge is 2.46. The van der Waals surface area contributed by atoms with Gasteiger partial charge >= 0.3 is 5.97 Å². The van der Waals surface area contributed by atoms with Gasteiger partial charge in [-0.1, -0.05) is 47.7 Å². The molecule has 2 aliphatic rings. The van der Waals surface area contributed by atoms with Gasteiger partial charge in [0.1, 0.15) is 5.56 Å². The van der Waals surface area contributed by atoms with E-state index in [1.54, 1.807) is 13.7 Å². The highest BCUT2D eigenvalue weighted by Crippen LogP contribution is 2.57. The molecule has 3 N–H and O–H groups in total. The monoisotopic (exact) mass is 625 g/mol. The van der Waals surface area contributed by atoms with E-state index >= 15 is 0 Å². The predicted octanol–water partition coefficient (Wildman–Crippen LogP) is 6.00. The molecule has 1 aliphatic heterocycles. The minimum Gasteiger partial charge on any atom is -0.478 e. The van der Waals surface area contributed by atoms with E-state index in [9.17, 15) is 19.0 Å². The van der Waals surface area contributed by atoms with Gasteiger partial charge in [0.25, 0.3) is 0 Å². The number of aromatic carboxylic acids is 1. The van der Waals surface area contributed by atoms with Crippen LogP contribution < -0.4 is 4.90 Å². The highest BCUT2D eigenvalue weighted by molar-refractivity contribution is 8.22. The first-order valence-corrected chi connectivity index (χ1v) is 16.5. The van der Waals surface area contributed by atoms with Crippen molar-refractivity contribution in [2.45, 2.75) is 36.6 Å². The van der Waals surface area contributed by atoms with Crippen LogP contribution in [0.5, 0.6) is 0 Å². The zero-order valence-corrected chi connectivity index (χ0v) is 25.9. The highest BCUT2D eigenvalue weighted by atomic mass is 32.3. The number of fused-ring (bicyclic) bond motifs is 1. The molecule has 12 heteroatoms. The Morgan fingerprint density at radius 1 is 0.978 bits per heavy atom. The fourth-order valence-electron chi connectivity index (χ4n) is 6.38. The number of anilines is 1. The number of carboxylic acids is 1. The molecule has 3 heterocycles. The zero-order valence-electron chi connectivity index (χ0n) is 25.1. The average molecular weight is 626 g/mol. The second-order valence-corrected chi connectivity index (χ2v) is 13.6. The first-order chi connectivity index (χ1) is 21.7. The van der Waals surface area contributed by atoms with Crippen LogP contribution in [0, 0.1) is 0 Å². The Hall–Kier alpha value is -4.49. The zero-order chi connectivity index (χ0) is 31.3. The molecule has 45 heavy (non-hydrogen) atoms. The molecule has 0 spiro atoms. The van der Waals surface area contributed by atoms with Crippen LogP contribution in [-0.2, 0) is 13.6 Å². The molecule has 232 valence electrons. The number of benzene rings is 3. The number of hydrogen-bond donors (Lipinski definition) is 3. The van der Waals surface area contributed by atoms with Crippen molar-refractivity contribution in [2.24, 2.45) is 7.05 Å². The van der Waals surface area contributed by atoms with Crippen LogP contribution in [0.15, 0.2) is 90.1 Å². The van der Waals surface area contributed by atoms with Crippen LogP contribution in [0.3, 0.4) is 0 Å². The minimum atomic E-state index is -3.19. The van der Waals surface area contributed by atoms with Gasteiger partial charge in [0.15, 0.2) is 0 Å². The van der Waals surface area contributed by atoms with E-state index in [2.05, 4.69) is 33.3 Å². The van der Waals surface area contributed by atoms with E-state index in [1.165, 1.54) is 6.20 Å². The molecule has 2 atom stereocenters. The van der Waals surface area contributed by atoms with E-state index in [1.807, 2.05) is 80.0 Å². The first kappa shape index (κ1) is 29.2. The molecular weight excluding hydrogens is 590 g/mol. The summed E-state index contributed by atoms with van der Waals surface area (Å²) >= 11 is 0. The Morgan fingerprint density at radius 3 is 2.51 bits per heavy atom. The molecule has 1 saturated carbocycles. The summed E-state index contributed by atoms with van der Waals surface area (Å²) in [6, 6.07) is 23.5. The first-order valence-electron chi connectivity index (χ1n) is 15.0. The Morgan fingerprint density at radius 2 is 1.76 bits per heavy atom. The number of rotatable bonds is 8. The molecule has 7 rings (SSSR count). The Balaban J connectivity index is 1.18. The summed E-state index contributed by atoms with van der Waals surface area (Å²) in [5.74, 6) is -0.937. The quantitative estimate of drug-likeness (QED) is 0.190. The summed E-state index contributed by atoms with van der Waals surface area (Å²) in [6.07, 6.45) is 4.08. The maximum Gasteiger partial charge on any atom is 0.339 e. The molecule has 2 aromatic heterocycles. The Kier molecular flexibility index (Phi) is 7.44. The number of likely N-dealkylation sites (N-methyl/N-ethyl adjacent to an activating group) is 1. The van der Waals surface area contributed by atoms with Crippen molar-refractivity contribution >= 4 is 22.4 Å². The fourth-order valence-corrected chi connectivity index (χ4v) is 8.06. The number of para-hydroxylation sites is 1. The lowest BCUT2D eigenvalue weighted by atomic mass is 10.0. The van der Waals surface area contributed by atoms with Crippen molar-refractivity contribution in [3.8, 4) is 16.8 Å². The Labute approximate surface area is 262 Å². The smallest absolute Gasteiger partial charge is 0.339 e. The summed E-state index contributed by atoms with van der Waals surface area (Å²) in [5, 5.41) is 22.8. The lowest BCUT2D eigenvalue weighted by Crippen LogP contribution is -2.32. The van der Waals surface area contributed by atoms with Crippen LogP contribution in [0.1, 0.15) is 52.5 Å². The fraction of sp³-hybridized carbons (Fsp3) is 0.273. The molecule has 1 aliphatic carbocycles. The van der Waals surface area contributed by atoms with Gasteiger partial charge in [-0.15, -0.1) is 15.9 Å². The van der Waals surface area contributed by atoms with Crippen LogP contribution >= 0.6 is 10.8 Å². The van der Waals surface area contributed by atoms with E-state index in [0.29, 0.717) is 30.2 Å². The topological polar surface area (TPSA) is 133 Å². The number of aryl methyl sites for hydroxylation is 1. The van der Waals surface area contributed by atoms with Crippen LogP contribution in [0.4, 0.5) is 5.69 Å². The van der Waals surface area contributed by atoms with Gasteiger partial charge in [-0.3, -0.25) is 13.8 Å². The standard InChI is InChI=1S/C33H35N7O4S/c1-3-38-14-15-39(45(43,44)31-13-5-4-12-30(31)38)20-22-8-6-9-23(16-22)24-10-7-11-25(17-24)40-32(28(19-34-40)33(41)42)27-18-26(27)29-21-37(2)36-35-29/h4-13,16-17,19,21,26-27,43-44H,3,14-15,18,20H2,1-2H3,(H,41,42)/t26-,27-/m1/s1. The maximum absolute atomic E-state index is 12.2. The van der Waals surface area contributed by atoms with Crippen molar-refractivity contribution in [1.29, 1.82) is 0 Å². The molecule has 0 bridgehead atoms. The van der Waals surface area contributed by atoms with Crippen molar-refractivity contribution in [1.82, 2.24) is 29.1 Å². The largest absolute Gasteiger partial charge is 0.478 e. The second kappa shape index (κ2) is 11.5. The van der Waals surface area contributed by atoms with Crippen LogP contribution in [0.25, 0.3) is 16.8 Å². The third-order valence-corrected chi connectivity index (χ3v) is 10.7. The molecular formula is C33H35N7O4S. The van der Waals surface area contributed by atoms with Crippen molar-refractivity contribution < 1.29 is 19.0 Å². The molecule has 5 aromatic rings. The molecule has 0 amide bonds. The molecule has 0 unspecified atom stereocenters. The third-order valence-electron chi connectivity index (χ3n) is 8.75. The number of carboxylic acid groups (broad SMARTS) is 1. The van der Waals surface area contributed by atoms with Gasteiger partial charge in [0, 0.05) is 51.3 Å². The van der Waals surface area contributed by atoms with Crippen molar-refractivity contribution in [3.05, 3.63) is 108 Å². The molecule has 1 fully saturated rings. The van der Waals surface area contributed by atoms with Crippen molar-refractivity contribution in [3.63, 3.8) is 0 Å². The van der Waals surface area contributed by atoms with E-state index in [4.69, 9.17) is 0 Å². The van der Waals surface area contributed by atoms with Gasteiger partial charge in [-0.2, -0.15) is 9.40 Å². The lowest BCUT2D eigenvalue weighted by molar-refractivity contribution is 0.0695. The normalized spacial score (nSPS) is 20.0. The molecule has 0 radical (unpaired) electrons. The SMILES string of the molecule is CCN1CCN(Cc2cccc(-c3cccc(-n4ncc(C(=O)O)c4[C@@H]4C[C@H]4c4cn(C)nn4)c3)c2)S(O)(O)c2ccccc21. The second-order valence-electron chi connectivity index (χ2n) is 11.6. The summed E-state index contributed by atoms with van der Waals surface area (Å²) in [5.41, 5.74) is 6.21. The average Bonchev–Trinajstić information content (AvgIpc) is 3.52. The summed E-state index contributed by atoms with van der Waals surface area (Å²) in [6.45, 7) is 4.42. The van der Waals surface area contributed by atoms with E-state index in [-0.39, 0.29) is 17.4 Å². The van der Waals surface area contributed by atoms with Gasteiger partial charge in [0.05, 0.1) is 33.9 Å². The maximum atomic E-state index is 12.2. The van der Waals surface area contributed by atoms with Crippen LogP contribution in [0.2, 0.25) is 0 Å². The summed E-state index contributed by atoms with van der Waals surface area (Å²) in [7, 11) is -1.37. The van der Waals surface area contributed by atoms with E-state index < -0.39 is 16.7 Å². The van der Waals surface area contributed by atoms with Crippen molar-refractivity contribution in [2.75, 3.05) is 24.5 Å². The predicted molar refractivity (Wildman–Crippen MR) is 173 cm³/mol. The van der Waals surface area contributed by atoms with Gasteiger partial charge in [-0.05, 0) is 60.4 Å². The molecule has 0 saturated heterocycles. The van der Waals surface area contributed by atoms with Crippen LogP contribution in [-0.4, -0.2) is 68.9 Å². The van der Waals surface area contributed by atoms with Gasteiger partial charge in [-0.25, -0.2) is 9.48 Å². The summed E-state index contributed by atoms with van der Waals surface area (Å²) < 4.78 is 28.1. The number of carbonyl (C=O) groups is 1. The van der Waals surface area contributed by atoms with Gasteiger partial charge in [0.2, 0.25) is 0 Å². The lowest BCUT2D eigenvalue weighted by Gasteiger charge is -2.42. The van der Waals surface area contributed by atoms with E-state index in [0.717, 1.165) is 46.7 Å². The Bertz CT molecular complexity index is 1890. The number of nitrogens with zero attached hydrogens (tertiary/aromatic N) is 7. The third kappa shape index (κ3) is 5.39. The number of hydrogen-bond acceptors (Lipinski definition) is 8. The molecule has 3 aromatic carbocycles. The number of aromatic nitrogens is 5. The molecule has 11 nitrogen and oxygen atoms in total. The summed E-state index contributed by atoms with van der Waals surface area (Å²) in [4.78, 5) is 14.9. The minimum absolute atomic E-state index is 0.0237.